The minimum absolute atomic E-state index is 0.0164. The van der Waals surface area contributed by atoms with Crippen molar-refractivity contribution in [2.75, 3.05) is 7.11 Å². The van der Waals surface area contributed by atoms with Gasteiger partial charge >= 0.3 is 5.97 Å². The maximum absolute atomic E-state index is 14.2. The number of ether oxygens (including phenoxy) is 1. The standard InChI is InChI=1S/C31H46O8/c1-15(11-17(32)12-16(2)27(38)39-8)18-13-22(35)31(7)23-19(33)14-20-28(3,4)21(34)9-10-29(20,5)24(23)25(36)26(37)30(18,31)6/h15-16,18-21,26,33-34,37H,9-14H2,1-8H3. The van der Waals surface area contributed by atoms with Gasteiger partial charge in [0.05, 0.1) is 30.7 Å². The molecule has 10 atom stereocenters. The number of carbonyl (C=O) groups excluding carboxylic acids is 4. The zero-order chi connectivity index (χ0) is 29.5. The molecule has 0 heterocycles. The minimum atomic E-state index is -1.47. The van der Waals surface area contributed by atoms with E-state index >= 15 is 0 Å². The summed E-state index contributed by atoms with van der Waals surface area (Å²) in [5.41, 5.74) is -2.91. The summed E-state index contributed by atoms with van der Waals surface area (Å²) in [6.07, 6.45) is -1.55. The lowest BCUT2D eigenvalue weighted by molar-refractivity contribution is -0.159. The molecule has 4 rings (SSSR count). The highest BCUT2D eigenvalue weighted by Crippen LogP contribution is 2.70. The van der Waals surface area contributed by atoms with Crippen molar-refractivity contribution in [3.8, 4) is 0 Å². The van der Waals surface area contributed by atoms with Crippen molar-refractivity contribution in [1.82, 2.24) is 0 Å². The minimum Gasteiger partial charge on any atom is -0.469 e. The van der Waals surface area contributed by atoms with Crippen LogP contribution in [-0.4, -0.2) is 64.1 Å². The Balaban J connectivity index is 1.76. The van der Waals surface area contributed by atoms with Gasteiger partial charge in [0.1, 0.15) is 17.7 Å². The number of fused-ring (bicyclic) bond motifs is 4. The van der Waals surface area contributed by atoms with Gasteiger partial charge in [-0.15, -0.1) is 0 Å². The van der Waals surface area contributed by atoms with Crippen molar-refractivity contribution in [3.63, 3.8) is 0 Å². The molecule has 0 aliphatic heterocycles. The van der Waals surface area contributed by atoms with Crippen molar-refractivity contribution >= 4 is 23.3 Å². The normalized spacial score (nSPS) is 42.8. The molecule has 0 spiro atoms. The van der Waals surface area contributed by atoms with E-state index in [1.807, 2.05) is 27.7 Å². The molecule has 10 unspecified atom stereocenters. The van der Waals surface area contributed by atoms with Crippen LogP contribution in [0, 0.1) is 45.3 Å². The number of hydrogen-bond donors (Lipinski definition) is 3. The number of aliphatic hydroxyl groups is 3. The summed E-state index contributed by atoms with van der Waals surface area (Å²) in [6.45, 7) is 12.9. The third-order valence-corrected chi connectivity index (χ3v) is 11.9. The fourth-order valence-corrected chi connectivity index (χ4v) is 9.33. The molecule has 3 N–H and O–H groups in total. The fraction of sp³-hybridized carbons (Fsp3) is 0.806. The maximum Gasteiger partial charge on any atom is 0.308 e. The van der Waals surface area contributed by atoms with Gasteiger partial charge in [-0.05, 0) is 60.3 Å². The van der Waals surface area contributed by atoms with E-state index in [9.17, 15) is 34.5 Å². The Labute approximate surface area is 231 Å². The number of aliphatic hydroxyl groups excluding tert-OH is 3. The number of methoxy groups -OCH3 is 1. The second-order valence-electron chi connectivity index (χ2n) is 14.1. The van der Waals surface area contributed by atoms with Crippen LogP contribution in [0.1, 0.15) is 87.0 Å². The molecule has 0 aromatic carbocycles. The van der Waals surface area contributed by atoms with Crippen LogP contribution in [0.2, 0.25) is 0 Å². The van der Waals surface area contributed by atoms with Gasteiger partial charge in [-0.1, -0.05) is 41.5 Å². The summed E-state index contributed by atoms with van der Waals surface area (Å²) in [5, 5.41) is 34.2. The Kier molecular flexibility index (Phi) is 7.39. The highest BCUT2D eigenvalue weighted by atomic mass is 16.5. The van der Waals surface area contributed by atoms with Crippen molar-refractivity contribution in [1.29, 1.82) is 0 Å². The Morgan fingerprint density at radius 2 is 1.64 bits per heavy atom. The zero-order valence-electron chi connectivity index (χ0n) is 24.7. The predicted molar refractivity (Wildman–Crippen MR) is 143 cm³/mol. The van der Waals surface area contributed by atoms with Crippen molar-refractivity contribution in [2.45, 2.75) is 105 Å². The molecule has 39 heavy (non-hydrogen) atoms. The number of ketones is 3. The molecule has 218 valence electrons. The highest BCUT2D eigenvalue weighted by Gasteiger charge is 2.73. The molecule has 4 aliphatic rings. The van der Waals surface area contributed by atoms with Crippen LogP contribution in [0.25, 0.3) is 0 Å². The van der Waals surface area contributed by atoms with Gasteiger partial charge in [-0.25, -0.2) is 0 Å². The van der Waals surface area contributed by atoms with E-state index in [1.54, 1.807) is 20.8 Å². The van der Waals surface area contributed by atoms with Gasteiger partial charge < -0.3 is 20.1 Å². The molecule has 2 saturated carbocycles. The fourth-order valence-electron chi connectivity index (χ4n) is 9.33. The van der Waals surface area contributed by atoms with Crippen LogP contribution in [-0.2, 0) is 23.9 Å². The second-order valence-corrected chi connectivity index (χ2v) is 14.1. The lowest BCUT2D eigenvalue weighted by atomic mass is 9.42. The first-order valence-electron chi connectivity index (χ1n) is 14.4. The van der Waals surface area contributed by atoms with Gasteiger partial charge in [0, 0.05) is 30.3 Å². The van der Waals surface area contributed by atoms with E-state index in [4.69, 9.17) is 4.74 Å². The third kappa shape index (κ3) is 3.95. The van der Waals surface area contributed by atoms with Crippen LogP contribution in [0.3, 0.4) is 0 Å². The molecule has 0 bridgehead atoms. The van der Waals surface area contributed by atoms with E-state index < -0.39 is 63.6 Å². The predicted octanol–water partition coefficient (Wildman–Crippen LogP) is 3.19. The molecule has 8 heteroatoms. The van der Waals surface area contributed by atoms with Crippen molar-refractivity contribution in [3.05, 3.63) is 11.1 Å². The summed E-state index contributed by atoms with van der Waals surface area (Å²) < 4.78 is 4.73. The zero-order valence-corrected chi connectivity index (χ0v) is 24.7. The average molecular weight is 547 g/mol. The summed E-state index contributed by atoms with van der Waals surface area (Å²) in [7, 11) is 1.28. The lowest BCUT2D eigenvalue weighted by Crippen LogP contribution is -2.64. The quantitative estimate of drug-likeness (QED) is 0.432. The number of esters is 1. The van der Waals surface area contributed by atoms with E-state index in [2.05, 4.69) is 0 Å². The van der Waals surface area contributed by atoms with Gasteiger partial charge in [0.25, 0.3) is 0 Å². The lowest BCUT2D eigenvalue weighted by Gasteiger charge is -2.62. The molecule has 0 saturated heterocycles. The van der Waals surface area contributed by atoms with Gasteiger partial charge in [-0.2, -0.15) is 0 Å². The summed E-state index contributed by atoms with van der Waals surface area (Å²) in [6, 6.07) is 0. The second kappa shape index (κ2) is 9.59. The van der Waals surface area contributed by atoms with Crippen molar-refractivity contribution in [2.24, 2.45) is 45.3 Å². The monoisotopic (exact) mass is 546 g/mol. The van der Waals surface area contributed by atoms with Gasteiger partial charge in [0.2, 0.25) is 0 Å². The number of carbonyl (C=O) groups is 4. The third-order valence-electron chi connectivity index (χ3n) is 11.9. The van der Waals surface area contributed by atoms with E-state index in [-0.39, 0.29) is 42.7 Å². The van der Waals surface area contributed by atoms with Crippen LogP contribution in [0.15, 0.2) is 11.1 Å². The van der Waals surface area contributed by atoms with Crippen LogP contribution in [0.4, 0.5) is 0 Å². The molecule has 0 aromatic heterocycles. The molecule has 0 amide bonds. The molecular weight excluding hydrogens is 500 g/mol. The molecule has 0 aromatic rings. The molecule has 0 radical (unpaired) electrons. The Bertz CT molecular complexity index is 1120. The Hall–Kier alpha value is -1.90. The van der Waals surface area contributed by atoms with Gasteiger partial charge in [0.15, 0.2) is 5.78 Å². The first kappa shape index (κ1) is 30.1. The highest BCUT2D eigenvalue weighted by molar-refractivity contribution is 6.07. The molecular formula is C31H46O8. The Morgan fingerprint density at radius 1 is 1.03 bits per heavy atom. The first-order valence-corrected chi connectivity index (χ1v) is 14.4. The number of hydrogen-bond acceptors (Lipinski definition) is 8. The molecule has 4 aliphatic carbocycles. The summed E-state index contributed by atoms with van der Waals surface area (Å²) in [5.74, 6) is -2.77. The van der Waals surface area contributed by atoms with Crippen LogP contribution >= 0.6 is 0 Å². The topological polar surface area (TPSA) is 138 Å². The van der Waals surface area contributed by atoms with Crippen LogP contribution in [0.5, 0.6) is 0 Å². The van der Waals surface area contributed by atoms with E-state index in [0.29, 0.717) is 30.4 Å². The SMILES string of the molecule is COC(=O)C(C)CC(=O)CC(C)C1CC(=O)C2(C)C3=C(C(=O)C(O)C12C)C1(C)CCC(O)C(C)(C)C1CC3O. The van der Waals surface area contributed by atoms with Crippen LogP contribution < -0.4 is 0 Å². The largest absolute Gasteiger partial charge is 0.469 e. The molecule has 2 fully saturated rings. The van der Waals surface area contributed by atoms with E-state index in [1.165, 1.54) is 7.11 Å². The maximum atomic E-state index is 14.2. The summed E-state index contributed by atoms with van der Waals surface area (Å²) in [4.78, 5) is 52.9. The first-order chi connectivity index (χ1) is 17.9. The number of rotatable bonds is 6. The average Bonchev–Trinajstić information content (AvgIpc) is 3.07. The van der Waals surface area contributed by atoms with Gasteiger partial charge in [-0.3, -0.25) is 19.2 Å². The number of Topliss-reactive ketones (excluding diaryl/α,β-unsaturated/α-hetero) is 3. The van der Waals surface area contributed by atoms with Crippen molar-refractivity contribution < 1.29 is 39.2 Å². The smallest absolute Gasteiger partial charge is 0.308 e. The Morgan fingerprint density at radius 3 is 2.23 bits per heavy atom. The van der Waals surface area contributed by atoms with E-state index in [0.717, 1.165) is 0 Å². The summed E-state index contributed by atoms with van der Waals surface area (Å²) >= 11 is 0. The molecule has 8 nitrogen and oxygen atoms in total.